The molecule has 0 spiro atoms. The fourth-order valence-corrected chi connectivity index (χ4v) is 2.30. The Hall–Kier alpha value is -1.49. The van der Waals surface area contributed by atoms with Gasteiger partial charge in [-0.05, 0) is 48.0 Å². The van der Waals surface area contributed by atoms with Gasteiger partial charge in [0.15, 0.2) is 0 Å². The van der Waals surface area contributed by atoms with Crippen LogP contribution in [0, 0.1) is 6.92 Å². The first-order chi connectivity index (χ1) is 8.47. The van der Waals surface area contributed by atoms with E-state index < -0.39 is 0 Å². The normalized spacial score (nSPS) is 12.4. The second kappa shape index (κ2) is 5.02. The third kappa shape index (κ3) is 2.67. The molecule has 2 aromatic rings. The molecule has 0 saturated heterocycles. The molecular weight excluding hydrogens is 296 g/mol. The summed E-state index contributed by atoms with van der Waals surface area (Å²) in [7, 11) is 1.83. The Balaban J connectivity index is 2.10. The van der Waals surface area contributed by atoms with E-state index in [0.717, 1.165) is 16.0 Å². The molecule has 1 atom stereocenters. The van der Waals surface area contributed by atoms with Crippen LogP contribution in [-0.2, 0) is 7.05 Å². The van der Waals surface area contributed by atoms with Crippen molar-refractivity contribution in [3.8, 4) is 0 Å². The predicted octanol–water partition coefficient (Wildman–Crippen LogP) is 3.18. The monoisotopic (exact) mass is 310 g/mol. The van der Waals surface area contributed by atoms with Crippen LogP contribution in [0.4, 0.5) is 0 Å². The molecule has 0 aliphatic carbocycles. The van der Waals surface area contributed by atoms with Crippen molar-refractivity contribution in [3.63, 3.8) is 0 Å². The lowest BCUT2D eigenvalue weighted by atomic mass is 10.2. The zero-order valence-corrected chi connectivity index (χ0v) is 12.1. The van der Waals surface area contributed by atoms with Gasteiger partial charge in [-0.1, -0.05) is 0 Å². The molecule has 0 aliphatic rings. The van der Waals surface area contributed by atoms with Crippen molar-refractivity contribution in [2.24, 2.45) is 7.05 Å². The maximum Gasteiger partial charge on any atom is 0.268 e. The van der Waals surface area contributed by atoms with Crippen LogP contribution in [0.5, 0.6) is 0 Å². The number of aryl methyl sites for hydroxylation is 2. The zero-order chi connectivity index (χ0) is 13.3. The third-order valence-electron chi connectivity index (χ3n) is 2.74. The highest BCUT2D eigenvalue weighted by molar-refractivity contribution is 9.10. The van der Waals surface area contributed by atoms with Crippen molar-refractivity contribution in [1.29, 1.82) is 0 Å². The lowest BCUT2D eigenvalue weighted by Crippen LogP contribution is -2.27. The second-order valence-electron chi connectivity index (χ2n) is 4.30. The van der Waals surface area contributed by atoms with Crippen LogP contribution in [0.1, 0.15) is 35.0 Å². The van der Waals surface area contributed by atoms with Crippen LogP contribution >= 0.6 is 15.9 Å². The van der Waals surface area contributed by atoms with Gasteiger partial charge < -0.3 is 14.3 Å². The minimum atomic E-state index is -0.153. The van der Waals surface area contributed by atoms with Crippen molar-refractivity contribution in [3.05, 3.63) is 46.1 Å². The number of hydrogen-bond donors (Lipinski definition) is 1. The number of nitrogens with zero attached hydrogens (tertiary/aromatic N) is 1. The second-order valence-corrected chi connectivity index (χ2v) is 5.21. The first-order valence-corrected chi connectivity index (χ1v) is 6.45. The van der Waals surface area contributed by atoms with E-state index >= 15 is 0 Å². The largest absolute Gasteiger partial charge is 0.464 e. The number of carbonyl (C=O) groups excluding carboxylic acids is 1. The Labute approximate surface area is 114 Å². The van der Waals surface area contributed by atoms with Gasteiger partial charge in [0.1, 0.15) is 17.2 Å². The van der Waals surface area contributed by atoms with Crippen molar-refractivity contribution in [2.45, 2.75) is 19.9 Å². The highest BCUT2D eigenvalue weighted by atomic mass is 79.9. The summed E-state index contributed by atoms with van der Waals surface area (Å²) >= 11 is 3.35. The van der Waals surface area contributed by atoms with Gasteiger partial charge in [-0.3, -0.25) is 4.79 Å². The maximum atomic E-state index is 12.1. The molecule has 0 aliphatic heterocycles. The van der Waals surface area contributed by atoms with Crippen LogP contribution < -0.4 is 5.32 Å². The topological polar surface area (TPSA) is 47.2 Å². The van der Waals surface area contributed by atoms with E-state index in [1.807, 2.05) is 39.2 Å². The van der Waals surface area contributed by atoms with E-state index in [9.17, 15) is 4.79 Å². The number of aromatic nitrogens is 1. The molecule has 5 heteroatoms. The summed E-state index contributed by atoms with van der Waals surface area (Å²) in [5, 5.41) is 2.91. The molecule has 2 aromatic heterocycles. The van der Waals surface area contributed by atoms with Crippen LogP contribution in [-0.4, -0.2) is 10.5 Å². The van der Waals surface area contributed by atoms with Crippen LogP contribution in [0.3, 0.4) is 0 Å². The number of halogens is 1. The number of nitrogens with one attached hydrogen (secondary N) is 1. The molecule has 1 amide bonds. The van der Waals surface area contributed by atoms with Crippen LogP contribution in [0.2, 0.25) is 0 Å². The molecule has 1 unspecified atom stereocenters. The molecule has 4 nitrogen and oxygen atoms in total. The van der Waals surface area contributed by atoms with Gasteiger partial charge in [-0.15, -0.1) is 0 Å². The Bertz CT molecular complexity index is 571. The summed E-state index contributed by atoms with van der Waals surface area (Å²) < 4.78 is 8.15. The average molecular weight is 311 g/mol. The number of hydrogen-bond acceptors (Lipinski definition) is 2. The standard InChI is InChI=1S/C13H15BrN2O2/c1-8-4-5-12(18-8)9(2)15-13(17)11-6-10(14)7-16(11)3/h4-7,9H,1-3H3,(H,15,17). The third-order valence-corrected chi connectivity index (χ3v) is 3.17. The molecule has 0 radical (unpaired) electrons. The Morgan fingerprint density at radius 1 is 1.50 bits per heavy atom. The van der Waals surface area contributed by atoms with Gasteiger partial charge >= 0.3 is 0 Å². The molecule has 2 heterocycles. The summed E-state index contributed by atoms with van der Waals surface area (Å²) in [6.45, 7) is 3.78. The summed E-state index contributed by atoms with van der Waals surface area (Å²) in [4.78, 5) is 12.1. The van der Waals surface area contributed by atoms with E-state index in [4.69, 9.17) is 4.42 Å². The molecule has 1 N–H and O–H groups in total. The maximum absolute atomic E-state index is 12.1. The smallest absolute Gasteiger partial charge is 0.268 e. The van der Waals surface area contributed by atoms with E-state index in [1.54, 1.807) is 10.6 Å². The summed E-state index contributed by atoms with van der Waals surface area (Å²) in [6.07, 6.45) is 1.84. The summed E-state index contributed by atoms with van der Waals surface area (Å²) in [5.74, 6) is 1.48. The van der Waals surface area contributed by atoms with E-state index in [-0.39, 0.29) is 11.9 Å². The van der Waals surface area contributed by atoms with Gasteiger partial charge in [0, 0.05) is 17.7 Å². The average Bonchev–Trinajstić information content (AvgIpc) is 2.84. The van der Waals surface area contributed by atoms with E-state index in [0.29, 0.717) is 5.69 Å². The SMILES string of the molecule is Cc1ccc(C(C)NC(=O)c2cc(Br)cn2C)o1. The highest BCUT2D eigenvalue weighted by Crippen LogP contribution is 2.18. The van der Waals surface area contributed by atoms with E-state index in [1.165, 1.54) is 0 Å². The Morgan fingerprint density at radius 2 is 2.22 bits per heavy atom. The number of furan rings is 1. The van der Waals surface area contributed by atoms with Crippen molar-refractivity contribution >= 4 is 21.8 Å². The molecular formula is C13H15BrN2O2. The number of rotatable bonds is 3. The highest BCUT2D eigenvalue weighted by Gasteiger charge is 2.16. The quantitative estimate of drug-likeness (QED) is 0.946. The first-order valence-electron chi connectivity index (χ1n) is 5.66. The van der Waals surface area contributed by atoms with Crippen LogP contribution in [0.15, 0.2) is 33.3 Å². The fourth-order valence-electron chi connectivity index (χ4n) is 1.78. The van der Waals surface area contributed by atoms with Crippen molar-refractivity contribution < 1.29 is 9.21 Å². The molecule has 2 rings (SSSR count). The summed E-state index contributed by atoms with van der Waals surface area (Å²) in [5.41, 5.74) is 0.608. The van der Waals surface area contributed by atoms with Gasteiger partial charge in [-0.2, -0.15) is 0 Å². The Kier molecular flexibility index (Phi) is 3.61. The van der Waals surface area contributed by atoms with Crippen molar-refractivity contribution in [2.75, 3.05) is 0 Å². The lowest BCUT2D eigenvalue weighted by molar-refractivity contribution is 0.0927. The molecule has 0 aromatic carbocycles. The molecule has 18 heavy (non-hydrogen) atoms. The zero-order valence-electron chi connectivity index (χ0n) is 10.5. The number of carbonyl (C=O) groups is 1. The molecule has 0 bridgehead atoms. The fraction of sp³-hybridized carbons (Fsp3) is 0.308. The molecule has 96 valence electrons. The van der Waals surface area contributed by atoms with Gasteiger partial charge in [0.25, 0.3) is 5.91 Å². The predicted molar refractivity (Wildman–Crippen MR) is 72.4 cm³/mol. The lowest BCUT2D eigenvalue weighted by Gasteiger charge is -2.11. The van der Waals surface area contributed by atoms with E-state index in [2.05, 4.69) is 21.2 Å². The van der Waals surface area contributed by atoms with Crippen molar-refractivity contribution in [1.82, 2.24) is 9.88 Å². The molecule has 0 saturated carbocycles. The summed E-state index contributed by atoms with van der Waals surface area (Å²) in [6, 6.07) is 5.40. The van der Waals surface area contributed by atoms with Crippen LogP contribution in [0.25, 0.3) is 0 Å². The minimum absolute atomic E-state index is 0.121. The first kappa shape index (κ1) is 13.0. The molecule has 0 fully saturated rings. The number of amides is 1. The van der Waals surface area contributed by atoms with Gasteiger partial charge in [-0.25, -0.2) is 0 Å². The van der Waals surface area contributed by atoms with Gasteiger partial charge in [0.2, 0.25) is 0 Å². The Morgan fingerprint density at radius 3 is 2.72 bits per heavy atom. The minimum Gasteiger partial charge on any atom is -0.464 e. The van der Waals surface area contributed by atoms with Gasteiger partial charge in [0.05, 0.1) is 6.04 Å².